The minimum absolute atomic E-state index is 0.0748. The summed E-state index contributed by atoms with van der Waals surface area (Å²) in [7, 11) is 1.69. The van der Waals surface area contributed by atoms with E-state index in [1.165, 1.54) is 0 Å². The molecule has 1 aromatic heterocycles. The van der Waals surface area contributed by atoms with E-state index in [2.05, 4.69) is 11.4 Å². The van der Waals surface area contributed by atoms with Crippen LogP contribution in [0.5, 0.6) is 5.75 Å². The van der Waals surface area contributed by atoms with Crippen molar-refractivity contribution in [1.82, 2.24) is 5.32 Å². The first kappa shape index (κ1) is 17.7. The van der Waals surface area contributed by atoms with Gasteiger partial charge < -0.3 is 14.8 Å². The van der Waals surface area contributed by atoms with E-state index in [9.17, 15) is 4.79 Å². The summed E-state index contributed by atoms with van der Waals surface area (Å²) in [4.78, 5) is 13.3. The number of ether oxygens (including phenoxy) is 2. The third-order valence-corrected chi connectivity index (χ3v) is 5.51. The molecule has 1 fully saturated rings. The summed E-state index contributed by atoms with van der Waals surface area (Å²) in [5, 5.41) is 5.07. The number of hydrogen-bond acceptors (Lipinski definition) is 4. The fraction of sp³-hybridized carbons (Fsp3) is 0.350. The minimum Gasteiger partial charge on any atom is -0.496 e. The topological polar surface area (TPSA) is 47.6 Å². The number of para-hydroxylation sites is 1. The van der Waals surface area contributed by atoms with Gasteiger partial charge in [-0.05, 0) is 36.4 Å². The summed E-state index contributed by atoms with van der Waals surface area (Å²) in [6.45, 7) is 1.96. The van der Waals surface area contributed by atoms with Gasteiger partial charge in [-0.3, -0.25) is 4.79 Å². The third-order valence-electron chi connectivity index (χ3n) is 4.67. The van der Waals surface area contributed by atoms with E-state index in [0.29, 0.717) is 19.8 Å². The van der Waals surface area contributed by atoms with E-state index in [-0.39, 0.29) is 11.3 Å². The first-order valence-electron chi connectivity index (χ1n) is 8.44. The Kier molecular flexibility index (Phi) is 5.89. The molecule has 0 bridgehead atoms. The van der Waals surface area contributed by atoms with Crippen LogP contribution in [-0.4, -0.2) is 32.8 Å². The van der Waals surface area contributed by atoms with Crippen molar-refractivity contribution < 1.29 is 14.3 Å². The molecule has 1 aliphatic rings. The number of rotatable bonds is 6. The smallest absolute Gasteiger partial charge is 0.244 e. The van der Waals surface area contributed by atoms with Crippen LogP contribution in [0.1, 0.15) is 23.3 Å². The third kappa shape index (κ3) is 4.30. The maximum atomic E-state index is 12.3. The first-order valence-corrected chi connectivity index (χ1v) is 9.32. The molecule has 0 radical (unpaired) electrons. The molecule has 0 saturated carbocycles. The van der Waals surface area contributed by atoms with Crippen molar-refractivity contribution in [1.29, 1.82) is 0 Å². The second-order valence-electron chi connectivity index (χ2n) is 6.16. The van der Waals surface area contributed by atoms with Gasteiger partial charge in [-0.2, -0.15) is 0 Å². The quantitative estimate of drug-likeness (QED) is 0.803. The van der Waals surface area contributed by atoms with Gasteiger partial charge in [-0.25, -0.2) is 0 Å². The van der Waals surface area contributed by atoms with Crippen molar-refractivity contribution in [3.8, 4) is 5.75 Å². The summed E-state index contributed by atoms with van der Waals surface area (Å²) in [5.74, 6) is 0.793. The van der Waals surface area contributed by atoms with Crippen LogP contribution in [0.4, 0.5) is 0 Å². The Hall–Kier alpha value is -2.11. The average molecular weight is 357 g/mol. The summed E-state index contributed by atoms with van der Waals surface area (Å²) in [6, 6.07) is 12.0. The molecule has 0 aliphatic carbocycles. The van der Waals surface area contributed by atoms with Gasteiger partial charge in [0.15, 0.2) is 0 Å². The van der Waals surface area contributed by atoms with Crippen molar-refractivity contribution >= 4 is 23.3 Å². The molecular weight excluding hydrogens is 334 g/mol. The molecule has 25 heavy (non-hydrogen) atoms. The Morgan fingerprint density at radius 3 is 2.80 bits per heavy atom. The molecule has 132 valence electrons. The predicted octanol–water partition coefficient (Wildman–Crippen LogP) is 3.63. The summed E-state index contributed by atoms with van der Waals surface area (Å²) in [6.07, 6.45) is 5.17. The molecule has 3 rings (SSSR count). The van der Waals surface area contributed by atoms with E-state index in [1.807, 2.05) is 41.8 Å². The predicted molar refractivity (Wildman–Crippen MR) is 101 cm³/mol. The molecule has 1 N–H and O–H groups in total. The Morgan fingerprint density at radius 2 is 2.08 bits per heavy atom. The van der Waals surface area contributed by atoms with Gasteiger partial charge >= 0.3 is 0 Å². The van der Waals surface area contributed by atoms with Crippen LogP contribution < -0.4 is 10.1 Å². The summed E-state index contributed by atoms with van der Waals surface area (Å²) < 4.78 is 11.1. The van der Waals surface area contributed by atoms with Crippen LogP contribution in [0.2, 0.25) is 0 Å². The number of thiophene rings is 1. The molecule has 1 amide bonds. The SMILES string of the molecule is COc1ccccc1C1(CNC(=O)/C=C/c2cccs2)CCOCC1. The molecule has 0 spiro atoms. The Labute approximate surface area is 152 Å². The fourth-order valence-corrected chi connectivity index (χ4v) is 3.86. The lowest BCUT2D eigenvalue weighted by atomic mass is 9.73. The minimum atomic E-state index is -0.155. The lowest BCUT2D eigenvalue weighted by molar-refractivity contribution is -0.116. The van der Waals surface area contributed by atoms with Crippen LogP contribution in [0, 0.1) is 0 Å². The van der Waals surface area contributed by atoms with Gasteiger partial charge in [0.1, 0.15) is 5.75 Å². The normalized spacial score (nSPS) is 16.7. The summed E-state index contributed by atoms with van der Waals surface area (Å²) in [5.41, 5.74) is 0.987. The van der Waals surface area contributed by atoms with Gasteiger partial charge in [0, 0.05) is 41.7 Å². The van der Waals surface area contributed by atoms with E-state index in [1.54, 1.807) is 24.5 Å². The van der Waals surface area contributed by atoms with Crippen LogP contribution in [0.15, 0.2) is 47.9 Å². The van der Waals surface area contributed by atoms with Gasteiger partial charge in [0.25, 0.3) is 0 Å². The van der Waals surface area contributed by atoms with Gasteiger partial charge in [-0.1, -0.05) is 24.3 Å². The number of benzene rings is 1. The molecule has 4 nitrogen and oxygen atoms in total. The van der Waals surface area contributed by atoms with Crippen LogP contribution in [0.3, 0.4) is 0 Å². The first-order chi connectivity index (χ1) is 12.2. The molecule has 0 atom stereocenters. The van der Waals surface area contributed by atoms with E-state index in [0.717, 1.165) is 29.0 Å². The zero-order chi connectivity index (χ0) is 17.5. The highest BCUT2D eigenvalue weighted by Crippen LogP contribution is 2.39. The van der Waals surface area contributed by atoms with Crippen molar-refractivity contribution in [3.05, 3.63) is 58.3 Å². The molecular formula is C20H23NO3S. The molecule has 1 saturated heterocycles. The highest BCUT2D eigenvalue weighted by molar-refractivity contribution is 7.10. The molecule has 5 heteroatoms. The monoisotopic (exact) mass is 357 g/mol. The van der Waals surface area contributed by atoms with Crippen molar-refractivity contribution in [2.24, 2.45) is 0 Å². The van der Waals surface area contributed by atoms with Crippen molar-refractivity contribution in [2.75, 3.05) is 26.9 Å². The molecule has 1 aromatic carbocycles. The van der Waals surface area contributed by atoms with Gasteiger partial charge in [0.05, 0.1) is 7.11 Å². The van der Waals surface area contributed by atoms with Crippen LogP contribution in [0.25, 0.3) is 6.08 Å². The van der Waals surface area contributed by atoms with E-state index < -0.39 is 0 Å². The van der Waals surface area contributed by atoms with Crippen LogP contribution in [-0.2, 0) is 14.9 Å². The number of amides is 1. The maximum Gasteiger partial charge on any atom is 0.244 e. The average Bonchev–Trinajstić information content (AvgIpc) is 3.19. The van der Waals surface area contributed by atoms with Crippen molar-refractivity contribution in [2.45, 2.75) is 18.3 Å². The molecule has 0 unspecified atom stereocenters. The molecule has 2 aromatic rings. The maximum absolute atomic E-state index is 12.3. The Bertz CT molecular complexity index is 718. The largest absolute Gasteiger partial charge is 0.496 e. The second-order valence-corrected chi connectivity index (χ2v) is 7.14. The van der Waals surface area contributed by atoms with E-state index in [4.69, 9.17) is 9.47 Å². The number of methoxy groups -OCH3 is 1. The lowest BCUT2D eigenvalue weighted by Crippen LogP contribution is -2.44. The highest BCUT2D eigenvalue weighted by atomic mass is 32.1. The molecule has 2 heterocycles. The molecule has 1 aliphatic heterocycles. The van der Waals surface area contributed by atoms with Gasteiger partial charge in [-0.15, -0.1) is 11.3 Å². The Morgan fingerprint density at radius 1 is 1.28 bits per heavy atom. The standard InChI is InChI=1S/C20H23NO3S/c1-23-18-7-3-2-6-17(18)20(10-12-24-13-11-20)15-21-19(22)9-8-16-5-4-14-25-16/h2-9,14H,10-13,15H2,1H3,(H,21,22)/b9-8+. The number of nitrogens with one attached hydrogen (secondary N) is 1. The lowest BCUT2D eigenvalue weighted by Gasteiger charge is -2.38. The number of hydrogen-bond donors (Lipinski definition) is 1. The zero-order valence-corrected chi connectivity index (χ0v) is 15.2. The summed E-state index contributed by atoms with van der Waals surface area (Å²) >= 11 is 1.61. The van der Waals surface area contributed by atoms with Gasteiger partial charge in [0.2, 0.25) is 5.91 Å². The zero-order valence-electron chi connectivity index (χ0n) is 14.4. The van der Waals surface area contributed by atoms with Crippen LogP contribution >= 0.6 is 11.3 Å². The van der Waals surface area contributed by atoms with E-state index >= 15 is 0 Å². The number of carbonyl (C=O) groups excluding carboxylic acids is 1. The fourth-order valence-electron chi connectivity index (χ4n) is 3.25. The number of carbonyl (C=O) groups is 1. The Balaban J connectivity index is 1.74. The highest BCUT2D eigenvalue weighted by Gasteiger charge is 2.36. The second kappa shape index (κ2) is 8.32. The van der Waals surface area contributed by atoms with Crippen molar-refractivity contribution in [3.63, 3.8) is 0 Å².